The molecule has 0 aliphatic carbocycles. The molecule has 0 saturated carbocycles. The standard InChI is InChI=1S/C19H21N3O3/c1-14-10-16(24-13-14)12-20-8-5-9-21-19(23)17-11-18(25-22-17)15-6-3-2-4-7-15/h2-4,6-7,10-11,13,20H,5,8-9,12H2,1H3,(H,21,23). The van der Waals surface area contributed by atoms with Crippen LogP contribution in [0.4, 0.5) is 0 Å². The zero-order valence-corrected chi connectivity index (χ0v) is 14.1. The van der Waals surface area contributed by atoms with E-state index >= 15 is 0 Å². The van der Waals surface area contributed by atoms with Gasteiger partial charge < -0.3 is 19.6 Å². The van der Waals surface area contributed by atoms with Crippen molar-refractivity contribution in [3.63, 3.8) is 0 Å². The topological polar surface area (TPSA) is 80.3 Å². The van der Waals surface area contributed by atoms with Gasteiger partial charge in [-0.15, -0.1) is 0 Å². The van der Waals surface area contributed by atoms with E-state index in [-0.39, 0.29) is 11.6 Å². The molecule has 0 bridgehead atoms. The maximum atomic E-state index is 12.1. The first-order valence-electron chi connectivity index (χ1n) is 8.27. The number of nitrogens with zero attached hydrogens (tertiary/aromatic N) is 1. The number of amides is 1. The second-order valence-corrected chi connectivity index (χ2v) is 5.82. The highest BCUT2D eigenvalue weighted by Crippen LogP contribution is 2.19. The average molecular weight is 339 g/mol. The van der Waals surface area contributed by atoms with Crippen molar-refractivity contribution in [2.75, 3.05) is 13.1 Å². The summed E-state index contributed by atoms with van der Waals surface area (Å²) in [5, 5.41) is 9.95. The van der Waals surface area contributed by atoms with Crippen molar-refractivity contribution in [3.8, 4) is 11.3 Å². The summed E-state index contributed by atoms with van der Waals surface area (Å²) in [6.07, 6.45) is 2.55. The molecule has 0 fully saturated rings. The Hall–Kier alpha value is -2.86. The predicted octanol–water partition coefficient (Wildman–Crippen LogP) is 3.15. The van der Waals surface area contributed by atoms with E-state index in [1.54, 1.807) is 12.3 Å². The smallest absolute Gasteiger partial charge is 0.273 e. The number of benzene rings is 1. The lowest BCUT2D eigenvalue weighted by Gasteiger charge is -2.04. The Kier molecular flexibility index (Phi) is 5.64. The third-order valence-corrected chi connectivity index (χ3v) is 3.70. The van der Waals surface area contributed by atoms with Crippen molar-refractivity contribution in [1.82, 2.24) is 15.8 Å². The monoisotopic (exact) mass is 339 g/mol. The Balaban J connectivity index is 1.37. The van der Waals surface area contributed by atoms with Gasteiger partial charge in [-0.2, -0.15) is 0 Å². The summed E-state index contributed by atoms with van der Waals surface area (Å²) in [4.78, 5) is 12.1. The molecular weight excluding hydrogens is 318 g/mol. The Morgan fingerprint density at radius 1 is 1.16 bits per heavy atom. The quantitative estimate of drug-likeness (QED) is 0.616. The number of carbonyl (C=O) groups is 1. The molecule has 3 aromatic rings. The van der Waals surface area contributed by atoms with Crippen LogP contribution in [0.2, 0.25) is 0 Å². The predicted molar refractivity (Wildman–Crippen MR) is 94.0 cm³/mol. The van der Waals surface area contributed by atoms with Gasteiger partial charge in [-0.05, 0) is 31.5 Å². The van der Waals surface area contributed by atoms with E-state index in [2.05, 4.69) is 15.8 Å². The molecule has 0 aliphatic heterocycles. The van der Waals surface area contributed by atoms with Crippen LogP contribution >= 0.6 is 0 Å². The van der Waals surface area contributed by atoms with E-state index in [1.165, 1.54) is 0 Å². The molecule has 25 heavy (non-hydrogen) atoms. The van der Waals surface area contributed by atoms with Crippen molar-refractivity contribution < 1.29 is 13.7 Å². The molecule has 0 saturated heterocycles. The summed E-state index contributed by atoms with van der Waals surface area (Å²) < 4.78 is 10.6. The molecule has 2 heterocycles. The number of furan rings is 1. The van der Waals surface area contributed by atoms with Crippen LogP contribution < -0.4 is 10.6 Å². The Morgan fingerprint density at radius 3 is 2.76 bits per heavy atom. The number of carbonyl (C=O) groups excluding carboxylic acids is 1. The van der Waals surface area contributed by atoms with Crippen LogP contribution in [0.15, 0.2) is 57.7 Å². The molecular formula is C19H21N3O3. The van der Waals surface area contributed by atoms with E-state index in [1.807, 2.05) is 43.3 Å². The van der Waals surface area contributed by atoms with Gasteiger partial charge in [0.25, 0.3) is 5.91 Å². The zero-order chi connectivity index (χ0) is 17.5. The highest BCUT2D eigenvalue weighted by molar-refractivity contribution is 5.93. The van der Waals surface area contributed by atoms with Crippen molar-refractivity contribution in [2.24, 2.45) is 0 Å². The van der Waals surface area contributed by atoms with Crippen LogP contribution in [-0.2, 0) is 6.54 Å². The Bertz CT molecular complexity index is 808. The van der Waals surface area contributed by atoms with Gasteiger partial charge in [0.05, 0.1) is 12.8 Å². The van der Waals surface area contributed by atoms with Gasteiger partial charge in [0, 0.05) is 18.2 Å². The van der Waals surface area contributed by atoms with Crippen LogP contribution in [0.1, 0.15) is 28.2 Å². The molecule has 3 rings (SSSR count). The molecule has 0 spiro atoms. The fraction of sp³-hybridized carbons (Fsp3) is 0.263. The first-order chi connectivity index (χ1) is 12.2. The second-order valence-electron chi connectivity index (χ2n) is 5.82. The van der Waals surface area contributed by atoms with E-state index in [9.17, 15) is 4.79 Å². The van der Waals surface area contributed by atoms with Crippen LogP contribution in [0.3, 0.4) is 0 Å². The highest BCUT2D eigenvalue weighted by atomic mass is 16.5. The van der Waals surface area contributed by atoms with Crippen LogP contribution in [0.25, 0.3) is 11.3 Å². The van der Waals surface area contributed by atoms with Gasteiger partial charge in [0.15, 0.2) is 11.5 Å². The van der Waals surface area contributed by atoms with E-state index in [0.29, 0.717) is 18.8 Å². The molecule has 130 valence electrons. The van der Waals surface area contributed by atoms with E-state index < -0.39 is 0 Å². The summed E-state index contributed by atoms with van der Waals surface area (Å²) >= 11 is 0. The third kappa shape index (κ3) is 4.81. The van der Waals surface area contributed by atoms with Crippen molar-refractivity contribution in [1.29, 1.82) is 0 Å². The molecule has 6 nitrogen and oxygen atoms in total. The first kappa shape index (κ1) is 17.0. The Morgan fingerprint density at radius 2 is 2.00 bits per heavy atom. The summed E-state index contributed by atoms with van der Waals surface area (Å²) in [5.41, 5.74) is 2.30. The largest absolute Gasteiger partial charge is 0.468 e. The van der Waals surface area contributed by atoms with Gasteiger partial charge in [-0.1, -0.05) is 35.5 Å². The molecule has 0 unspecified atom stereocenters. The summed E-state index contributed by atoms with van der Waals surface area (Å²) in [6.45, 7) is 4.03. The summed E-state index contributed by atoms with van der Waals surface area (Å²) in [6, 6.07) is 13.2. The zero-order valence-electron chi connectivity index (χ0n) is 14.1. The SMILES string of the molecule is Cc1coc(CNCCCNC(=O)c2cc(-c3ccccc3)on2)c1. The molecule has 0 radical (unpaired) electrons. The maximum Gasteiger partial charge on any atom is 0.273 e. The van der Waals surface area contributed by atoms with Crippen molar-refractivity contribution >= 4 is 5.91 Å². The van der Waals surface area contributed by atoms with Crippen LogP contribution in [0.5, 0.6) is 0 Å². The fourth-order valence-electron chi connectivity index (χ4n) is 2.42. The normalized spacial score (nSPS) is 10.8. The van der Waals surface area contributed by atoms with Gasteiger partial charge in [-0.3, -0.25) is 4.79 Å². The molecule has 1 amide bonds. The van der Waals surface area contributed by atoms with E-state index in [4.69, 9.17) is 8.94 Å². The van der Waals surface area contributed by atoms with Gasteiger partial charge in [0.2, 0.25) is 0 Å². The van der Waals surface area contributed by atoms with Crippen LogP contribution in [-0.4, -0.2) is 24.2 Å². The summed E-state index contributed by atoms with van der Waals surface area (Å²) in [7, 11) is 0. The average Bonchev–Trinajstić information content (AvgIpc) is 3.28. The lowest BCUT2D eigenvalue weighted by molar-refractivity contribution is 0.0944. The lowest BCUT2D eigenvalue weighted by atomic mass is 10.1. The van der Waals surface area contributed by atoms with Crippen molar-refractivity contribution in [2.45, 2.75) is 19.9 Å². The molecule has 0 aliphatic rings. The fourth-order valence-corrected chi connectivity index (χ4v) is 2.42. The molecule has 1 aromatic carbocycles. The maximum absolute atomic E-state index is 12.1. The van der Waals surface area contributed by atoms with Crippen molar-refractivity contribution in [3.05, 3.63) is 65.7 Å². The number of nitrogens with one attached hydrogen (secondary N) is 2. The number of hydrogen-bond donors (Lipinski definition) is 2. The molecule has 0 atom stereocenters. The van der Waals surface area contributed by atoms with Gasteiger partial charge >= 0.3 is 0 Å². The number of aryl methyl sites for hydroxylation is 1. The second kappa shape index (κ2) is 8.30. The van der Waals surface area contributed by atoms with Crippen LogP contribution in [0, 0.1) is 6.92 Å². The number of aromatic nitrogens is 1. The van der Waals surface area contributed by atoms with E-state index in [0.717, 1.165) is 29.9 Å². The first-order valence-corrected chi connectivity index (χ1v) is 8.27. The lowest BCUT2D eigenvalue weighted by Crippen LogP contribution is -2.27. The Labute approximate surface area is 146 Å². The van der Waals surface area contributed by atoms with Gasteiger partial charge in [0.1, 0.15) is 5.76 Å². The molecule has 2 N–H and O–H groups in total. The molecule has 6 heteroatoms. The molecule has 2 aromatic heterocycles. The third-order valence-electron chi connectivity index (χ3n) is 3.70. The minimum atomic E-state index is -0.229. The minimum absolute atomic E-state index is 0.229. The summed E-state index contributed by atoms with van der Waals surface area (Å²) in [5.74, 6) is 1.27. The highest BCUT2D eigenvalue weighted by Gasteiger charge is 2.12. The minimum Gasteiger partial charge on any atom is -0.468 e. The number of rotatable bonds is 8. The van der Waals surface area contributed by atoms with Gasteiger partial charge in [-0.25, -0.2) is 0 Å². The number of hydrogen-bond acceptors (Lipinski definition) is 5.